The molecule has 0 saturated carbocycles. The molecule has 2 amide bonds. The van der Waals surface area contributed by atoms with E-state index in [2.05, 4.69) is 33.7 Å². The van der Waals surface area contributed by atoms with E-state index in [-0.39, 0.29) is 18.4 Å². The summed E-state index contributed by atoms with van der Waals surface area (Å²) in [6, 6.07) is 25.6. The molecule has 35 heavy (non-hydrogen) atoms. The van der Waals surface area contributed by atoms with Crippen molar-refractivity contribution in [1.82, 2.24) is 14.8 Å². The third kappa shape index (κ3) is 4.83. The van der Waals surface area contributed by atoms with Gasteiger partial charge in [0.25, 0.3) is 0 Å². The highest BCUT2D eigenvalue weighted by Gasteiger charge is 2.31. The Bertz CT molecular complexity index is 1390. The molecule has 3 aromatic carbocycles. The fraction of sp³-hybridized carbons (Fsp3) is 0.185. The predicted octanol–water partition coefficient (Wildman–Crippen LogP) is 4.63. The van der Waals surface area contributed by atoms with Gasteiger partial charge in [0.15, 0.2) is 5.16 Å². The average Bonchev–Trinajstić information content (AvgIpc) is 3.25. The third-order valence-corrected chi connectivity index (χ3v) is 6.86. The second kappa shape index (κ2) is 9.76. The molecule has 0 unspecified atom stereocenters. The molecule has 1 N–H and O–H groups in total. The first-order valence-corrected chi connectivity index (χ1v) is 12.3. The standard InChI is InChI=1S/C27H25N5O2S/c1-18-9-8-12-21(15-18)32-24(16-20-10-4-3-5-11-20)29-30-27(32)35-19(2)26(34)31-17-25(33)28-22-13-6-7-14-23(22)31/h3-15,19H,16-17H2,1-2H3,(H,28,33)/t19-/m0/s1. The Hall–Kier alpha value is -3.91. The van der Waals surface area contributed by atoms with E-state index in [9.17, 15) is 9.59 Å². The molecule has 1 aliphatic rings. The lowest BCUT2D eigenvalue weighted by Crippen LogP contribution is -2.45. The van der Waals surface area contributed by atoms with E-state index in [4.69, 9.17) is 0 Å². The molecule has 7 nitrogen and oxygen atoms in total. The fourth-order valence-corrected chi connectivity index (χ4v) is 5.10. The molecule has 0 bridgehead atoms. The SMILES string of the molecule is Cc1cccc(-n2c(Cc3ccccc3)nnc2S[C@@H](C)C(=O)N2CC(=O)Nc3ccccc32)c1. The molecule has 1 aromatic heterocycles. The zero-order valence-corrected chi connectivity index (χ0v) is 20.3. The van der Waals surface area contributed by atoms with Gasteiger partial charge in [-0.05, 0) is 49.2 Å². The van der Waals surface area contributed by atoms with Crippen LogP contribution in [-0.2, 0) is 16.0 Å². The minimum Gasteiger partial charge on any atom is -0.323 e. The molecule has 0 aliphatic carbocycles. The summed E-state index contributed by atoms with van der Waals surface area (Å²) in [6.45, 7) is 3.88. The number of carbonyl (C=O) groups is 2. The van der Waals surface area contributed by atoms with Crippen molar-refractivity contribution < 1.29 is 9.59 Å². The van der Waals surface area contributed by atoms with Crippen LogP contribution < -0.4 is 10.2 Å². The van der Waals surface area contributed by atoms with Crippen molar-refractivity contribution in [2.24, 2.45) is 0 Å². The molecule has 0 spiro atoms. The Kier molecular flexibility index (Phi) is 6.37. The zero-order chi connectivity index (χ0) is 24.4. The summed E-state index contributed by atoms with van der Waals surface area (Å²) >= 11 is 1.35. The maximum absolute atomic E-state index is 13.5. The van der Waals surface area contributed by atoms with Crippen LogP contribution in [0, 0.1) is 6.92 Å². The lowest BCUT2D eigenvalue weighted by Gasteiger charge is -2.30. The van der Waals surface area contributed by atoms with Crippen molar-refractivity contribution >= 4 is 35.0 Å². The van der Waals surface area contributed by atoms with E-state index in [1.807, 2.05) is 73.0 Å². The highest BCUT2D eigenvalue weighted by molar-refractivity contribution is 8.00. The molecular weight excluding hydrogens is 458 g/mol. The van der Waals surface area contributed by atoms with Crippen LogP contribution in [0.5, 0.6) is 0 Å². The van der Waals surface area contributed by atoms with Gasteiger partial charge in [-0.15, -0.1) is 10.2 Å². The van der Waals surface area contributed by atoms with Gasteiger partial charge in [0.05, 0.1) is 16.6 Å². The van der Waals surface area contributed by atoms with Gasteiger partial charge < -0.3 is 5.32 Å². The number of hydrogen-bond acceptors (Lipinski definition) is 5. The van der Waals surface area contributed by atoms with E-state index in [0.717, 1.165) is 22.6 Å². The zero-order valence-electron chi connectivity index (χ0n) is 19.5. The highest BCUT2D eigenvalue weighted by atomic mass is 32.2. The van der Waals surface area contributed by atoms with Crippen molar-refractivity contribution in [2.45, 2.75) is 30.7 Å². The Labute approximate surface area is 208 Å². The van der Waals surface area contributed by atoms with Gasteiger partial charge in [0.2, 0.25) is 11.8 Å². The van der Waals surface area contributed by atoms with Crippen molar-refractivity contribution in [2.75, 3.05) is 16.8 Å². The summed E-state index contributed by atoms with van der Waals surface area (Å²) in [7, 11) is 0. The van der Waals surface area contributed by atoms with Crippen molar-refractivity contribution in [1.29, 1.82) is 0 Å². The first kappa shape index (κ1) is 22.9. The number of hydrogen-bond donors (Lipinski definition) is 1. The molecule has 0 saturated heterocycles. The van der Waals surface area contributed by atoms with Crippen molar-refractivity contribution in [3.63, 3.8) is 0 Å². The number of rotatable bonds is 6. The molecule has 176 valence electrons. The van der Waals surface area contributed by atoms with Crippen LogP contribution in [-0.4, -0.2) is 38.4 Å². The number of nitrogens with zero attached hydrogens (tertiary/aromatic N) is 4. The number of amides is 2. The van der Waals surface area contributed by atoms with Gasteiger partial charge >= 0.3 is 0 Å². The van der Waals surface area contributed by atoms with Crippen molar-refractivity contribution in [3.8, 4) is 5.69 Å². The summed E-state index contributed by atoms with van der Waals surface area (Å²) < 4.78 is 2.02. The quantitative estimate of drug-likeness (QED) is 0.405. The minimum atomic E-state index is -0.480. The van der Waals surface area contributed by atoms with Gasteiger partial charge in [-0.25, -0.2) is 0 Å². The lowest BCUT2D eigenvalue weighted by molar-refractivity contribution is -0.121. The van der Waals surface area contributed by atoms with Crippen LogP contribution in [0.15, 0.2) is 84.0 Å². The second-order valence-corrected chi connectivity index (χ2v) is 9.79. The summed E-state index contributed by atoms with van der Waals surface area (Å²) in [4.78, 5) is 27.3. The van der Waals surface area contributed by atoms with Crippen LogP contribution in [0.2, 0.25) is 0 Å². The molecule has 1 atom stereocenters. The number of aromatic nitrogens is 3. The summed E-state index contributed by atoms with van der Waals surface area (Å²) in [5.74, 6) is 0.440. The predicted molar refractivity (Wildman–Crippen MR) is 138 cm³/mol. The fourth-order valence-electron chi connectivity index (χ4n) is 4.15. The molecule has 0 fully saturated rings. The number of aryl methyl sites for hydroxylation is 1. The van der Waals surface area contributed by atoms with E-state index in [1.165, 1.54) is 11.8 Å². The van der Waals surface area contributed by atoms with E-state index in [0.29, 0.717) is 23.0 Å². The normalized spacial score (nSPS) is 13.8. The van der Waals surface area contributed by atoms with Gasteiger partial charge in [0, 0.05) is 12.1 Å². The molecule has 1 aliphatic heterocycles. The first-order chi connectivity index (χ1) is 17.0. The number of para-hydroxylation sites is 2. The molecule has 5 rings (SSSR count). The number of carbonyl (C=O) groups excluding carboxylic acids is 2. The van der Waals surface area contributed by atoms with E-state index in [1.54, 1.807) is 11.0 Å². The van der Waals surface area contributed by atoms with E-state index < -0.39 is 5.25 Å². The van der Waals surface area contributed by atoms with Crippen LogP contribution in [0.25, 0.3) is 5.69 Å². The summed E-state index contributed by atoms with van der Waals surface area (Å²) in [5, 5.41) is 12.0. The Morgan fingerprint density at radius 1 is 1.03 bits per heavy atom. The average molecular weight is 484 g/mol. The maximum Gasteiger partial charge on any atom is 0.244 e. The first-order valence-electron chi connectivity index (χ1n) is 11.4. The Morgan fingerprint density at radius 3 is 2.60 bits per heavy atom. The minimum absolute atomic E-state index is 0.00935. The van der Waals surface area contributed by atoms with Gasteiger partial charge in [-0.2, -0.15) is 0 Å². The van der Waals surface area contributed by atoms with Crippen LogP contribution in [0.4, 0.5) is 11.4 Å². The number of nitrogens with one attached hydrogen (secondary N) is 1. The van der Waals surface area contributed by atoms with E-state index >= 15 is 0 Å². The monoisotopic (exact) mass is 483 g/mol. The van der Waals surface area contributed by atoms with Crippen LogP contribution in [0.1, 0.15) is 23.9 Å². The van der Waals surface area contributed by atoms with Gasteiger partial charge in [-0.1, -0.05) is 66.4 Å². The maximum atomic E-state index is 13.5. The largest absolute Gasteiger partial charge is 0.323 e. The summed E-state index contributed by atoms with van der Waals surface area (Å²) in [6.07, 6.45) is 0.615. The number of thioether (sulfide) groups is 1. The van der Waals surface area contributed by atoms with Crippen LogP contribution in [0.3, 0.4) is 0 Å². The van der Waals surface area contributed by atoms with Gasteiger partial charge in [-0.3, -0.25) is 19.1 Å². The number of benzene rings is 3. The number of fused-ring (bicyclic) bond motifs is 1. The number of anilines is 2. The van der Waals surface area contributed by atoms with Crippen LogP contribution >= 0.6 is 11.8 Å². The highest BCUT2D eigenvalue weighted by Crippen LogP contribution is 2.33. The molecular formula is C27H25N5O2S. The lowest BCUT2D eigenvalue weighted by atomic mass is 10.1. The third-order valence-electron chi connectivity index (χ3n) is 5.83. The topological polar surface area (TPSA) is 80.1 Å². The molecule has 2 heterocycles. The molecule has 0 radical (unpaired) electrons. The second-order valence-electron chi connectivity index (χ2n) is 8.49. The summed E-state index contributed by atoms with van der Waals surface area (Å²) in [5.41, 5.74) is 4.55. The molecule has 8 heteroatoms. The Balaban J connectivity index is 1.46. The smallest absolute Gasteiger partial charge is 0.244 e. The van der Waals surface area contributed by atoms with Crippen molar-refractivity contribution in [3.05, 3.63) is 95.8 Å². The molecule has 4 aromatic rings. The van der Waals surface area contributed by atoms with Gasteiger partial charge in [0.1, 0.15) is 12.4 Å². The Morgan fingerprint density at radius 2 is 1.80 bits per heavy atom.